The Balaban J connectivity index is 1.64. The Labute approximate surface area is 152 Å². The number of hydrogen-bond acceptors (Lipinski definition) is 2. The molecule has 0 unspecified atom stereocenters. The van der Waals surface area contributed by atoms with Gasteiger partial charge in [0.2, 0.25) is 5.91 Å². The third-order valence-electron chi connectivity index (χ3n) is 6.89. The first kappa shape index (κ1) is 16.9. The van der Waals surface area contributed by atoms with E-state index in [-0.39, 0.29) is 12.0 Å². The quantitative estimate of drug-likeness (QED) is 0.840. The predicted molar refractivity (Wildman–Crippen MR) is 102 cm³/mol. The molecule has 1 aromatic carbocycles. The lowest BCUT2D eigenvalue weighted by Crippen LogP contribution is -2.44. The zero-order chi connectivity index (χ0) is 17.4. The number of likely N-dealkylation sites (tertiary alicyclic amines) is 1. The van der Waals surface area contributed by atoms with Crippen molar-refractivity contribution >= 4 is 11.6 Å². The van der Waals surface area contributed by atoms with Crippen molar-refractivity contribution in [2.45, 2.75) is 70.9 Å². The van der Waals surface area contributed by atoms with Gasteiger partial charge in [0, 0.05) is 30.1 Å². The van der Waals surface area contributed by atoms with Crippen LogP contribution in [0.1, 0.15) is 70.4 Å². The number of nitrogens with zero attached hydrogens (tertiary/aromatic N) is 1. The van der Waals surface area contributed by atoms with E-state index in [0.717, 1.165) is 19.4 Å². The minimum absolute atomic E-state index is 0.249. The summed E-state index contributed by atoms with van der Waals surface area (Å²) in [6.45, 7) is 5.48. The van der Waals surface area contributed by atoms with E-state index in [1.165, 1.54) is 43.4 Å². The molecule has 1 aliphatic carbocycles. The third kappa shape index (κ3) is 2.96. The zero-order valence-corrected chi connectivity index (χ0v) is 15.7. The van der Waals surface area contributed by atoms with Crippen LogP contribution in [0.15, 0.2) is 24.3 Å². The molecule has 0 aromatic heterocycles. The zero-order valence-electron chi connectivity index (χ0n) is 15.7. The molecule has 2 heterocycles. The van der Waals surface area contributed by atoms with Crippen molar-refractivity contribution in [1.29, 1.82) is 0 Å². The highest BCUT2D eigenvalue weighted by Gasteiger charge is 2.47. The molecule has 1 aromatic rings. The monoisotopic (exact) mass is 340 g/mol. The van der Waals surface area contributed by atoms with Gasteiger partial charge in [-0.3, -0.25) is 4.79 Å². The summed E-state index contributed by atoms with van der Waals surface area (Å²) in [6, 6.07) is 9.46. The van der Waals surface area contributed by atoms with Crippen molar-refractivity contribution in [2.75, 3.05) is 11.9 Å². The van der Waals surface area contributed by atoms with Gasteiger partial charge in [-0.15, -0.1) is 0 Å². The Morgan fingerprint density at radius 2 is 2.00 bits per heavy atom. The summed E-state index contributed by atoms with van der Waals surface area (Å²) in [4.78, 5) is 15.7. The predicted octanol–water partition coefficient (Wildman–Crippen LogP) is 5.00. The van der Waals surface area contributed by atoms with Crippen molar-refractivity contribution in [1.82, 2.24) is 4.90 Å². The Kier molecular flexibility index (Phi) is 4.75. The van der Waals surface area contributed by atoms with Gasteiger partial charge in [-0.05, 0) is 43.2 Å². The Morgan fingerprint density at radius 3 is 2.80 bits per heavy atom. The maximum atomic E-state index is 13.4. The highest BCUT2D eigenvalue weighted by molar-refractivity contribution is 5.80. The summed E-state index contributed by atoms with van der Waals surface area (Å²) in [7, 11) is 0. The summed E-state index contributed by atoms with van der Waals surface area (Å²) in [5, 5.41) is 3.78. The van der Waals surface area contributed by atoms with E-state index in [2.05, 4.69) is 48.3 Å². The van der Waals surface area contributed by atoms with Gasteiger partial charge in [-0.1, -0.05) is 51.3 Å². The first-order valence-electron chi connectivity index (χ1n) is 10.4. The van der Waals surface area contributed by atoms with E-state index < -0.39 is 0 Å². The van der Waals surface area contributed by atoms with Crippen LogP contribution in [0.25, 0.3) is 0 Å². The molecule has 2 fully saturated rings. The van der Waals surface area contributed by atoms with Gasteiger partial charge in [0.15, 0.2) is 0 Å². The Morgan fingerprint density at radius 1 is 1.20 bits per heavy atom. The van der Waals surface area contributed by atoms with Crippen LogP contribution in [-0.4, -0.2) is 23.4 Å². The van der Waals surface area contributed by atoms with Crippen LogP contribution >= 0.6 is 0 Å². The first-order chi connectivity index (χ1) is 12.2. The number of hydrogen-bond donors (Lipinski definition) is 1. The SMILES string of the molecule is CCC[C@@H]1Nc2ccccc2[C@H]2[C@@H]1CCN2C(=O)[C@H]1CCCC[C@H]1C. The molecule has 4 rings (SSSR count). The number of rotatable bonds is 3. The summed E-state index contributed by atoms with van der Waals surface area (Å²) in [5.41, 5.74) is 2.59. The molecule has 1 saturated carbocycles. The van der Waals surface area contributed by atoms with Crippen molar-refractivity contribution in [3.8, 4) is 0 Å². The topological polar surface area (TPSA) is 32.3 Å². The van der Waals surface area contributed by atoms with Crippen molar-refractivity contribution in [3.63, 3.8) is 0 Å². The largest absolute Gasteiger partial charge is 0.382 e. The molecular weight excluding hydrogens is 308 g/mol. The van der Waals surface area contributed by atoms with Crippen LogP contribution in [0.5, 0.6) is 0 Å². The maximum absolute atomic E-state index is 13.4. The lowest BCUT2D eigenvalue weighted by atomic mass is 9.78. The third-order valence-corrected chi connectivity index (χ3v) is 6.89. The average molecular weight is 341 g/mol. The van der Waals surface area contributed by atoms with Crippen LogP contribution < -0.4 is 5.32 Å². The molecule has 1 amide bonds. The number of carbonyl (C=O) groups excluding carboxylic acids is 1. The number of amides is 1. The molecule has 3 heteroatoms. The molecule has 136 valence electrons. The van der Waals surface area contributed by atoms with Crippen LogP contribution in [0.2, 0.25) is 0 Å². The van der Waals surface area contributed by atoms with E-state index in [1.807, 2.05) is 0 Å². The second-order valence-electron chi connectivity index (χ2n) is 8.42. The highest BCUT2D eigenvalue weighted by Crippen LogP contribution is 2.48. The summed E-state index contributed by atoms with van der Waals surface area (Å²) < 4.78 is 0. The number of anilines is 1. The fourth-order valence-electron chi connectivity index (χ4n) is 5.57. The second kappa shape index (κ2) is 7.01. The summed E-state index contributed by atoms with van der Waals surface area (Å²) >= 11 is 0. The number of fused-ring (bicyclic) bond motifs is 3. The van der Waals surface area contributed by atoms with E-state index in [9.17, 15) is 4.79 Å². The molecule has 1 saturated heterocycles. The highest BCUT2D eigenvalue weighted by atomic mass is 16.2. The molecule has 3 aliphatic rings. The van der Waals surface area contributed by atoms with E-state index in [4.69, 9.17) is 0 Å². The molecule has 0 spiro atoms. The molecule has 3 nitrogen and oxygen atoms in total. The molecule has 2 aliphatic heterocycles. The Hall–Kier alpha value is -1.51. The molecule has 1 N–H and O–H groups in total. The standard InChI is InChI=1S/C22H32N2O/c1-3-8-19-18-13-14-24(22(25)16-10-5-4-9-15(16)2)21(18)17-11-6-7-12-20(17)23-19/h6-7,11-12,15-16,18-19,21,23H,3-5,8-10,13-14H2,1-2H3/t15-,16+,18-,19+,21+/m1/s1. The number of para-hydroxylation sites is 1. The van der Waals surface area contributed by atoms with E-state index in [0.29, 0.717) is 23.8 Å². The van der Waals surface area contributed by atoms with E-state index >= 15 is 0 Å². The Bertz CT molecular complexity index is 628. The van der Waals surface area contributed by atoms with Gasteiger partial charge in [-0.2, -0.15) is 0 Å². The van der Waals surface area contributed by atoms with Gasteiger partial charge in [0.25, 0.3) is 0 Å². The number of nitrogens with one attached hydrogen (secondary N) is 1. The van der Waals surface area contributed by atoms with Gasteiger partial charge in [0.05, 0.1) is 6.04 Å². The first-order valence-corrected chi connectivity index (χ1v) is 10.4. The van der Waals surface area contributed by atoms with Crippen LogP contribution in [-0.2, 0) is 4.79 Å². The normalized spacial score (nSPS) is 34.2. The molecule has 5 atom stereocenters. The fraction of sp³-hybridized carbons (Fsp3) is 0.682. The second-order valence-corrected chi connectivity index (χ2v) is 8.42. The lowest BCUT2D eigenvalue weighted by molar-refractivity contribution is -0.139. The lowest BCUT2D eigenvalue weighted by Gasteiger charge is -2.41. The van der Waals surface area contributed by atoms with Gasteiger partial charge < -0.3 is 10.2 Å². The van der Waals surface area contributed by atoms with Crippen molar-refractivity contribution in [2.24, 2.45) is 17.8 Å². The summed E-state index contributed by atoms with van der Waals surface area (Å²) in [5.74, 6) is 1.80. The molecular formula is C22H32N2O. The maximum Gasteiger partial charge on any atom is 0.226 e. The fourth-order valence-corrected chi connectivity index (χ4v) is 5.57. The van der Waals surface area contributed by atoms with Gasteiger partial charge in [0.1, 0.15) is 0 Å². The molecule has 25 heavy (non-hydrogen) atoms. The molecule has 0 bridgehead atoms. The number of carbonyl (C=O) groups is 1. The van der Waals surface area contributed by atoms with Crippen LogP contribution in [0, 0.1) is 17.8 Å². The van der Waals surface area contributed by atoms with Crippen LogP contribution in [0.4, 0.5) is 5.69 Å². The van der Waals surface area contributed by atoms with Crippen molar-refractivity contribution < 1.29 is 4.79 Å². The minimum atomic E-state index is 0.249. The minimum Gasteiger partial charge on any atom is -0.382 e. The smallest absolute Gasteiger partial charge is 0.226 e. The molecule has 0 radical (unpaired) electrons. The van der Waals surface area contributed by atoms with E-state index in [1.54, 1.807) is 0 Å². The average Bonchev–Trinajstić information content (AvgIpc) is 3.07. The number of benzene rings is 1. The van der Waals surface area contributed by atoms with Crippen LogP contribution in [0.3, 0.4) is 0 Å². The van der Waals surface area contributed by atoms with Gasteiger partial charge in [-0.25, -0.2) is 0 Å². The van der Waals surface area contributed by atoms with Crippen molar-refractivity contribution in [3.05, 3.63) is 29.8 Å². The van der Waals surface area contributed by atoms with Gasteiger partial charge >= 0.3 is 0 Å². The summed E-state index contributed by atoms with van der Waals surface area (Å²) in [6.07, 6.45) is 8.35.